The minimum atomic E-state index is -0.990. The first-order valence-electron chi connectivity index (χ1n) is 5.32. The molecule has 0 saturated heterocycles. The van der Waals surface area contributed by atoms with Crippen molar-refractivity contribution in [3.63, 3.8) is 0 Å². The Morgan fingerprint density at radius 2 is 2.06 bits per heavy atom. The highest BCUT2D eigenvalue weighted by Crippen LogP contribution is 2.32. The zero-order valence-corrected chi connectivity index (χ0v) is 9.51. The topological polar surface area (TPSA) is 57.6 Å². The quantitative estimate of drug-likeness (QED) is 0.786. The van der Waals surface area contributed by atoms with Crippen LogP contribution in [0.3, 0.4) is 0 Å². The van der Waals surface area contributed by atoms with E-state index in [0.717, 1.165) is 5.56 Å². The molecule has 0 aliphatic carbocycles. The lowest BCUT2D eigenvalue weighted by molar-refractivity contribution is -0.139. The largest absolute Gasteiger partial charge is 0.480 e. The normalized spacial score (nSPS) is 17.7. The Balaban J connectivity index is 2.47. The molecular formula is C13H13NO3. The fourth-order valence-electron chi connectivity index (χ4n) is 2.04. The molecule has 0 saturated carbocycles. The molecule has 1 aliphatic rings. The van der Waals surface area contributed by atoms with Crippen molar-refractivity contribution in [3.05, 3.63) is 42.0 Å². The van der Waals surface area contributed by atoms with E-state index >= 15 is 0 Å². The van der Waals surface area contributed by atoms with E-state index < -0.39 is 12.0 Å². The van der Waals surface area contributed by atoms with Crippen LogP contribution in [0.4, 0.5) is 5.69 Å². The van der Waals surface area contributed by atoms with Gasteiger partial charge in [0.15, 0.2) is 0 Å². The van der Waals surface area contributed by atoms with E-state index in [4.69, 9.17) is 5.11 Å². The van der Waals surface area contributed by atoms with Crippen LogP contribution in [0.5, 0.6) is 0 Å². The number of rotatable bonds is 2. The lowest BCUT2D eigenvalue weighted by Gasteiger charge is -2.22. The minimum Gasteiger partial charge on any atom is -0.480 e. The summed E-state index contributed by atoms with van der Waals surface area (Å²) in [6.07, 6.45) is 0.352. The number of amides is 1. The van der Waals surface area contributed by atoms with Crippen molar-refractivity contribution in [2.75, 3.05) is 4.90 Å². The van der Waals surface area contributed by atoms with Crippen LogP contribution in [0.1, 0.15) is 12.5 Å². The van der Waals surface area contributed by atoms with Crippen LogP contribution in [-0.2, 0) is 16.0 Å². The van der Waals surface area contributed by atoms with Crippen molar-refractivity contribution < 1.29 is 14.7 Å². The number of carboxylic acid groups (broad SMARTS) is 1. The Kier molecular flexibility index (Phi) is 2.71. The van der Waals surface area contributed by atoms with Crippen molar-refractivity contribution >= 4 is 17.6 Å². The van der Waals surface area contributed by atoms with Gasteiger partial charge >= 0.3 is 5.97 Å². The van der Waals surface area contributed by atoms with Gasteiger partial charge < -0.3 is 5.11 Å². The third-order valence-electron chi connectivity index (χ3n) is 2.85. The molecule has 1 amide bonds. The highest BCUT2D eigenvalue weighted by atomic mass is 16.4. The fourth-order valence-corrected chi connectivity index (χ4v) is 2.04. The Bertz CT molecular complexity index is 507. The molecule has 1 N–H and O–H groups in total. The summed E-state index contributed by atoms with van der Waals surface area (Å²) in [5.74, 6) is -1.32. The van der Waals surface area contributed by atoms with Crippen molar-refractivity contribution in [1.29, 1.82) is 0 Å². The molecule has 1 heterocycles. The number of para-hydroxylation sites is 1. The van der Waals surface area contributed by atoms with Crippen molar-refractivity contribution in [3.8, 4) is 0 Å². The Morgan fingerprint density at radius 1 is 1.41 bits per heavy atom. The van der Waals surface area contributed by atoms with Crippen LogP contribution in [0, 0.1) is 0 Å². The van der Waals surface area contributed by atoms with Crippen LogP contribution in [-0.4, -0.2) is 23.0 Å². The van der Waals surface area contributed by atoms with Gasteiger partial charge in [0.05, 0.1) is 0 Å². The van der Waals surface area contributed by atoms with Gasteiger partial charge in [0, 0.05) is 17.7 Å². The van der Waals surface area contributed by atoms with Crippen molar-refractivity contribution in [2.24, 2.45) is 0 Å². The van der Waals surface area contributed by atoms with Gasteiger partial charge in [0.25, 0.3) is 5.91 Å². The van der Waals surface area contributed by atoms with Gasteiger partial charge in [-0.2, -0.15) is 0 Å². The lowest BCUT2D eigenvalue weighted by Crippen LogP contribution is -2.43. The number of aliphatic carboxylic acids is 1. The molecule has 1 aromatic carbocycles. The summed E-state index contributed by atoms with van der Waals surface area (Å²) in [5.41, 5.74) is 1.90. The number of anilines is 1. The third kappa shape index (κ3) is 1.82. The highest BCUT2D eigenvalue weighted by molar-refractivity contribution is 6.09. The van der Waals surface area contributed by atoms with Crippen LogP contribution in [0.15, 0.2) is 36.4 Å². The summed E-state index contributed by atoms with van der Waals surface area (Å²) in [7, 11) is 0. The molecule has 17 heavy (non-hydrogen) atoms. The average Bonchev–Trinajstić information content (AvgIpc) is 2.67. The molecule has 4 heteroatoms. The van der Waals surface area contributed by atoms with Crippen LogP contribution in [0.2, 0.25) is 0 Å². The molecule has 1 atom stereocenters. The first kappa shape index (κ1) is 11.4. The standard InChI is InChI=1S/C13H13NO3/c1-8(2)12(15)14-10-6-4-3-5-9(10)7-11(14)13(16)17/h3-6,11H,1,7H2,2H3,(H,16,17)/t11-/m1/s1. The van der Waals surface area contributed by atoms with Gasteiger partial charge in [-0.1, -0.05) is 24.8 Å². The number of benzene rings is 1. The van der Waals surface area contributed by atoms with Gasteiger partial charge in [0.1, 0.15) is 6.04 Å². The second kappa shape index (κ2) is 4.05. The molecule has 0 fully saturated rings. The van der Waals surface area contributed by atoms with E-state index in [1.807, 2.05) is 12.1 Å². The Hall–Kier alpha value is -2.10. The van der Waals surface area contributed by atoms with E-state index in [-0.39, 0.29) is 5.91 Å². The Labute approximate surface area is 99.2 Å². The first-order chi connectivity index (χ1) is 8.02. The maximum absolute atomic E-state index is 12.0. The molecular weight excluding hydrogens is 218 g/mol. The van der Waals surface area contributed by atoms with Gasteiger partial charge in [-0.05, 0) is 18.6 Å². The smallest absolute Gasteiger partial charge is 0.327 e. The zero-order chi connectivity index (χ0) is 12.6. The molecule has 1 aromatic rings. The fraction of sp³-hybridized carbons (Fsp3) is 0.231. The predicted molar refractivity (Wildman–Crippen MR) is 63.9 cm³/mol. The maximum atomic E-state index is 12.0. The first-order valence-corrected chi connectivity index (χ1v) is 5.32. The average molecular weight is 231 g/mol. The maximum Gasteiger partial charge on any atom is 0.327 e. The van der Waals surface area contributed by atoms with Crippen LogP contribution in [0.25, 0.3) is 0 Å². The predicted octanol–water partition coefficient (Wildman–Crippen LogP) is 1.60. The van der Waals surface area contributed by atoms with E-state index in [9.17, 15) is 9.59 Å². The molecule has 0 radical (unpaired) electrons. The van der Waals surface area contributed by atoms with Crippen molar-refractivity contribution in [2.45, 2.75) is 19.4 Å². The number of fused-ring (bicyclic) bond motifs is 1. The highest BCUT2D eigenvalue weighted by Gasteiger charge is 2.38. The molecule has 0 unspecified atom stereocenters. The second-order valence-electron chi connectivity index (χ2n) is 4.14. The summed E-state index contributed by atoms with van der Waals surface area (Å²) < 4.78 is 0. The number of carbonyl (C=O) groups excluding carboxylic acids is 1. The Morgan fingerprint density at radius 3 is 2.65 bits per heavy atom. The van der Waals surface area contributed by atoms with Crippen LogP contribution < -0.4 is 4.90 Å². The van der Waals surface area contributed by atoms with Crippen LogP contribution >= 0.6 is 0 Å². The number of nitrogens with zero attached hydrogens (tertiary/aromatic N) is 1. The molecule has 0 bridgehead atoms. The van der Waals surface area contributed by atoms with Gasteiger partial charge in [-0.15, -0.1) is 0 Å². The summed E-state index contributed by atoms with van der Waals surface area (Å²) in [6.45, 7) is 5.17. The monoisotopic (exact) mass is 231 g/mol. The number of hydrogen-bond donors (Lipinski definition) is 1. The molecule has 4 nitrogen and oxygen atoms in total. The number of carboxylic acids is 1. The van der Waals surface area contributed by atoms with Gasteiger partial charge in [0.2, 0.25) is 0 Å². The number of carbonyl (C=O) groups is 2. The van der Waals surface area contributed by atoms with E-state index in [2.05, 4.69) is 6.58 Å². The molecule has 1 aliphatic heterocycles. The summed E-state index contributed by atoms with van der Waals surface area (Å²) >= 11 is 0. The molecule has 0 aromatic heterocycles. The zero-order valence-electron chi connectivity index (χ0n) is 9.51. The third-order valence-corrected chi connectivity index (χ3v) is 2.85. The lowest BCUT2D eigenvalue weighted by atomic mass is 10.1. The van der Waals surface area contributed by atoms with Crippen molar-refractivity contribution in [1.82, 2.24) is 0 Å². The van der Waals surface area contributed by atoms with E-state index in [1.54, 1.807) is 19.1 Å². The van der Waals surface area contributed by atoms with Gasteiger partial charge in [-0.25, -0.2) is 4.79 Å². The second-order valence-corrected chi connectivity index (χ2v) is 4.14. The SMILES string of the molecule is C=C(C)C(=O)N1c2ccccc2C[C@@H]1C(=O)O. The molecule has 88 valence electrons. The summed E-state index contributed by atoms with van der Waals surface area (Å²) in [4.78, 5) is 24.5. The van der Waals surface area contributed by atoms with E-state index in [1.165, 1.54) is 4.90 Å². The van der Waals surface area contributed by atoms with E-state index in [0.29, 0.717) is 17.7 Å². The summed E-state index contributed by atoms with van der Waals surface area (Å²) in [6, 6.07) is 6.42. The molecule has 0 spiro atoms. The number of hydrogen-bond acceptors (Lipinski definition) is 2. The van der Waals surface area contributed by atoms with Gasteiger partial charge in [-0.3, -0.25) is 9.69 Å². The minimum absolute atomic E-state index is 0.331. The summed E-state index contributed by atoms with van der Waals surface area (Å²) in [5, 5.41) is 9.16. The molecule has 2 rings (SSSR count).